The maximum Gasteiger partial charge on any atom is 0.224 e. The van der Waals surface area contributed by atoms with Gasteiger partial charge in [-0.25, -0.2) is 0 Å². The SMILES string of the molecule is O=C(CCCNC(=O)C1CC1)Nc1ccc(N2CCCCCC2)cc1. The molecule has 25 heavy (non-hydrogen) atoms. The van der Waals surface area contributed by atoms with Crippen LogP contribution < -0.4 is 15.5 Å². The lowest BCUT2D eigenvalue weighted by molar-refractivity contribution is -0.122. The van der Waals surface area contributed by atoms with Crippen molar-refractivity contribution in [1.82, 2.24) is 5.32 Å². The Bertz CT molecular complexity index is 573. The molecule has 2 aliphatic rings. The van der Waals surface area contributed by atoms with E-state index in [0.717, 1.165) is 31.6 Å². The first-order chi connectivity index (χ1) is 12.2. The largest absolute Gasteiger partial charge is 0.372 e. The predicted octanol–water partition coefficient (Wildman–Crippen LogP) is 3.31. The molecule has 0 bridgehead atoms. The van der Waals surface area contributed by atoms with Gasteiger partial charge in [-0.15, -0.1) is 0 Å². The van der Waals surface area contributed by atoms with Crippen molar-refractivity contribution in [2.24, 2.45) is 5.92 Å². The monoisotopic (exact) mass is 343 g/mol. The van der Waals surface area contributed by atoms with Gasteiger partial charge in [0.2, 0.25) is 11.8 Å². The van der Waals surface area contributed by atoms with Crippen molar-refractivity contribution in [1.29, 1.82) is 0 Å². The van der Waals surface area contributed by atoms with Crippen molar-refractivity contribution in [2.45, 2.75) is 51.4 Å². The molecule has 2 N–H and O–H groups in total. The smallest absolute Gasteiger partial charge is 0.224 e. The van der Waals surface area contributed by atoms with Crippen LogP contribution in [0.1, 0.15) is 51.4 Å². The molecule has 1 saturated carbocycles. The summed E-state index contributed by atoms with van der Waals surface area (Å²) >= 11 is 0. The first-order valence-corrected chi connectivity index (χ1v) is 9.65. The van der Waals surface area contributed by atoms with Crippen LogP contribution in [0.5, 0.6) is 0 Å². The van der Waals surface area contributed by atoms with Crippen molar-refractivity contribution in [3.8, 4) is 0 Å². The van der Waals surface area contributed by atoms with Crippen molar-refractivity contribution in [2.75, 3.05) is 29.9 Å². The van der Waals surface area contributed by atoms with Gasteiger partial charge in [-0.2, -0.15) is 0 Å². The number of carbonyl (C=O) groups is 2. The van der Waals surface area contributed by atoms with Crippen LogP contribution in [-0.4, -0.2) is 31.4 Å². The lowest BCUT2D eigenvalue weighted by Gasteiger charge is -2.22. The van der Waals surface area contributed by atoms with E-state index in [1.165, 1.54) is 31.4 Å². The van der Waals surface area contributed by atoms with E-state index >= 15 is 0 Å². The minimum atomic E-state index is 0.00296. The molecule has 1 aliphatic heterocycles. The number of benzene rings is 1. The van der Waals surface area contributed by atoms with Gasteiger partial charge in [-0.3, -0.25) is 9.59 Å². The van der Waals surface area contributed by atoms with Gasteiger partial charge in [0.15, 0.2) is 0 Å². The lowest BCUT2D eigenvalue weighted by atomic mass is 10.2. The fourth-order valence-corrected chi connectivity index (χ4v) is 3.26. The van der Waals surface area contributed by atoms with Gasteiger partial charge in [-0.05, 0) is 56.4 Å². The second kappa shape index (κ2) is 8.88. The van der Waals surface area contributed by atoms with E-state index in [1.807, 2.05) is 12.1 Å². The van der Waals surface area contributed by atoms with Crippen LogP contribution in [0.15, 0.2) is 24.3 Å². The zero-order valence-corrected chi connectivity index (χ0v) is 14.9. The number of anilines is 2. The number of hydrogen-bond donors (Lipinski definition) is 2. The molecule has 1 aromatic carbocycles. The zero-order chi connectivity index (χ0) is 17.5. The summed E-state index contributed by atoms with van der Waals surface area (Å²) in [6.07, 6.45) is 8.30. The lowest BCUT2D eigenvalue weighted by Crippen LogP contribution is -2.26. The maximum absolute atomic E-state index is 12.0. The van der Waals surface area contributed by atoms with Gasteiger partial charge in [0.1, 0.15) is 0 Å². The minimum Gasteiger partial charge on any atom is -0.372 e. The van der Waals surface area contributed by atoms with E-state index < -0.39 is 0 Å². The van der Waals surface area contributed by atoms with Crippen LogP contribution in [0.2, 0.25) is 0 Å². The van der Waals surface area contributed by atoms with Crippen molar-refractivity contribution in [3.05, 3.63) is 24.3 Å². The minimum absolute atomic E-state index is 0.00296. The van der Waals surface area contributed by atoms with Crippen LogP contribution >= 0.6 is 0 Å². The summed E-state index contributed by atoms with van der Waals surface area (Å²) in [5, 5.41) is 5.83. The Morgan fingerprint density at radius 2 is 1.68 bits per heavy atom. The number of nitrogens with one attached hydrogen (secondary N) is 2. The average Bonchev–Trinajstić information content (AvgIpc) is 3.46. The molecule has 0 atom stereocenters. The van der Waals surface area contributed by atoms with Crippen molar-refractivity contribution in [3.63, 3.8) is 0 Å². The Morgan fingerprint density at radius 1 is 1.00 bits per heavy atom. The highest BCUT2D eigenvalue weighted by atomic mass is 16.2. The van der Waals surface area contributed by atoms with E-state index in [1.54, 1.807) is 0 Å². The molecule has 0 spiro atoms. The van der Waals surface area contributed by atoms with Crippen LogP contribution in [0.3, 0.4) is 0 Å². The molecule has 1 aromatic rings. The highest BCUT2D eigenvalue weighted by Gasteiger charge is 2.28. The van der Waals surface area contributed by atoms with E-state index in [0.29, 0.717) is 19.4 Å². The number of hydrogen-bond acceptors (Lipinski definition) is 3. The quantitative estimate of drug-likeness (QED) is 0.747. The Labute approximate surface area is 150 Å². The normalized spacial score (nSPS) is 17.7. The van der Waals surface area contributed by atoms with Crippen molar-refractivity contribution < 1.29 is 9.59 Å². The molecule has 5 heteroatoms. The highest BCUT2D eigenvalue weighted by Crippen LogP contribution is 2.28. The molecule has 0 radical (unpaired) electrons. The molecule has 2 fully saturated rings. The fraction of sp³-hybridized carbons (Fsp3) is 0.600. The van der Waals surface area contributed by atoms with Gasteiger partial charge in [0.05, 0.1) is 0 Å². The first-order valence-electron chi connectivity index (χ1n) is 9.65. The summed E-state index contributed by atoms with van der Waals surface area (Å²) in [4.78, 5) is 25.9. The molecule has 3 rings (SSSR count). The van der Waals surface area contributed by atoms with Crippen LogP contribution in [0, 0.1) is 5.92 Å². The van der Waals surface area contributed by atoms with Gasteiger partial charge in [0, 0.05) is 43.3 Å². The first kappa shape index (κ1) is 17.8. The Morgan fingerprint density at radius 3 is 2.32 bits per heavy atom. The number of carbonyl (C=O) groups excluding carboxylic acids is 2. The topological polar surface area (TPSA) is 61.4 Å². The molecule has 0 aromatic heterocycles. The summed E-state index contributed by atoms with van der Waals surface area (Å²) in [5.41, 5.74) is 2.08. The molecule has 5 nitrogen and oxygen atoms in total. The summed E-state index contributed by atoms with van der Waals surface area (Å²) < 4.78 is 0. The third-order valence-corrected chi connectivity index (χ3v) is 4.95. The fourth-order valence-electron chi connectivity index (χ4n) is 3.26. The highest BCUT2D eigenvalue weighted by molar-refractivity contribution is 5.90. The second-order valence-electron chi connectivity index (χ2n) is 7.17. The van der Waals surface area contributed by atoms with E-state index in [2.05, 4.69) is 27.7 Å². The average molecular weight is 343 g/mol. The van der Waals surface area contributed by atoms with Gasteiger partial charge >= 0.3 is 0 Å². The molecule has 1 saturated heterocycles. The maximum atomic E-state index is 12.0. The van der Waals surface area contributed by atoms with E-state index in [-0.39, 0.29) is 17.7 Å². The third kappa shape index (κ3) is 5.76. The summed E-state index contributed by atoms with van der Waals surface area (Å²) in [6, 6.07) is 8.15. The second-order valence-corrected chi connectivity index (χ2v) is 7.17. The van der Waals surface area contributed by atoms with Crippen LogP contribution in [-0.2, 0) is 9.59 Å². The third-order valence-electron chi connectivity index (χ3n) is 4.95. The number of rotatable bonds is 7. The van der Waals surface area contributed by atoms with E-state index in [4.69, 9.17) is 0 Å². The van der Waals surface area contributed by atoms with Gasteiger partial charge in [0.25, 0.3) is 0 Å². The standard InChI is InChI=1S/C20H29N3O2/c24-19(6-5-13-21-20(25)16-7-8-16)22-17-9-11-18(12-10-17)23-14-3-1-2-4-15-23/h9-12,16H,1-8,13-15H2,(H,21,25)(H,22,24). The molecule has 2 amide bonds. The number of nitrogens with zero attached hydrogens (tertiary/aromatic N) is 1. The zero-order valence-electron chi connectivity index (χ0n) is 14.9. The molecular formula is C20H29N3O2. The molecule has 0 unspecified atom stereocenters. The summed E-state index contributed by atoms with van der Waals surface area (Å²) in [5.74, 6) is 0.379. The molecule has 1 heterocycles. The van der Waals surface area contributed by atoms with E-state index in [9.17, 15) is 9.59 Å². The van der Waals surface area contributed by atoms with Gasteiger partial charge < -0.3 is 15.5 Å². The van der Waals surface area contributed by atoms with Crippen molar-refractivity contribution >= 4 is 23.2 Å². The Balaban J connectivity index is 1.38. The van der Waals surface area contributed by atoms with Gasteiger partial charge in [-0.1, -0.05) is 12.8 Å². The summed E-state index contributed by atoms with van der Waals surface area (Å²) in [7, 11) is 0. The number of amides is 2. The van der Waals surface area contributed by atoms with Crippen LogP contribution in [0.4, 0.5) is 11.4 Å². The molecular weight excluding hydrogens is 314 g/mol. The molecule has 136 valence electrons. The molecule has 1 aliphatic carbocycles. The van der Waals surface area contributed by atoms with Crippen LogP contribution in [0.25, 0.3) is 0 Å². The summed E-state index contributed by atoms with van der Waals surface area (Å²) in [6.45, 7) is 2.83. The predicted molar refractivity (Wildman–Crippen MR) is 101 cm³/mol. The Kier molecular flexibility index (Phi) is 6.31. The Hall–Kier alpha value is -2.04.